The van der Waals surface area contributed by atoms with Crippen LogP contribution < -0.4 is 14.4 Å². The summed E-state index contributed by atoms with van der Waals surface area (Å²) >= 11 is 0. The van der Waals surface area contributed by atoms with Crippen LogP contribution in [0.3, 0.4) is 0 Å². The molecule has 0 amide bonds. The largest absolute Gasteiger partial charge is 0.497 e. The van der Waals surface area contributed by atoms with Gasteiger partial charge in [-0.05, 0) is 81.0 Å². The summed E-state index contributed by atoms with van der Waals surface area (Å²) in [6.45, 7) is 7.65. The highest BCUT2D eigenvalue weighted by atomic mass is 32.2. The Bertz CT molecular complexity index is 894. The molecule has 28 heavy (non-hydrogen) atoms. The van der Waals surface area contributed by atoms with Crippen LogP contribution in [-0.2, 0) is 10.0 Å². The summed E-state index contributed by atoms with van der Waals surface area (Å²) in [6, 6.07) is 11.4. The Balaban J connectivity index is 1.77. The van der Waals surface area contributed by atoms with Crippen LogP contribution in [0.4, 0.5) is 5.69 Å². The summed E-state index contributed by atoms with van der Waals surface area (Å²) in [5, 5.41) is 0. The summed E-state index contributed by atoms with van der Waals surface area (Å²) in [7, 11) is -2.06. The Hall–Kier alpha value is -2.05. The van der Waals surface area contributed by atoms with Crippen LogP contribution in [0.15, 0.2) is 41.3 Å². The quantitative estimate of drug-likeness (QED) is 0.781. The van der Waals surface area contributed by atoms with E-state index in [1.54, 1.807) is 33.1 Å². The van der Waals surface area contributed by atoms with Crippen LogP contribution in [0.25, 0.3) is 0 Å². The maximum atomic E-state index is 13.0. The number of hydrogen-bond acceptors (Lipinski definition) is 4. The summed E-state index contributed by atoms with van der Waals surface area (Å²) < 4.78 is 34.1. The number of hydrogen-bond donors (Lipinski definition) is 1. The van der Waals surface area contributed by atoms with Gasteiger partial charge in [-0.15, -0.1) is 0 Å². The molecule has 0 spiro atoms. The Morgan fingerprint density at radius 1 is 1.00 bits per heavy atom. The molecule has 1 aliphatic rings. The summed E-state index contributed by atoms with van der Waals surface area (Å²) in [5.41, 5.74) is 3.52. The second-order valence-corrected chi connectivity index (χ2v) is 9.22. The number of aryl methyl sites for hydroxylation is 2. The van der Waals surface area contributed by atoms with Crippen molar-refractivity contribution in [3.05, 3.63) is 53.1 Å². The van der Waals surface area contributed by atoms with Gasteiger partial charge in [-0.3, -0.25) is 0 Å². The van der Waals surface area contributed by atoms with Crippen LogP contribution in [-0.4, -0.2) is 28.6 Å². The van der Waals surface area contributed by atoms with Gasteiger partial charge in [0.1, 0.15) is 5.75 Å². The van der Waals surface area contributed by atoms with E-state index in [2.05, 4.69) is 21.8 Å². The molecule has 1 N–H and O–H groups in total. The zero-order chi connectivity index (χ0) is 20.3. The number of rotatable bonds is 6. The summed E-state index contributed by atoms with van der Waals surface area (Å²) in [4.78, 5) is 2.72. The fourth-order valence-electron chi connectivity index (χ4n) is 3.94. The molecule has 1 unspecified atom stereocenters. The normalized spacial score (nSPS) is 16.1. The first-order valence-corrected chi connectivity index (χ1v) is 11.3. The number of methoxy groups -OCH3 is 1. The van der Waals surface area contributed by atoms with Crippen molar-refractivity contribution in [1.82, 2.24) is 4.72 Å². The van der Waals surface area contributed by atoms with Crippen molar-refractivity contribution in [2.45, 2.75) is 51.0 Å². The number of benzene rings is 2. The molecule has 1 atom stereocenters. The topological polar surface area (TPSA) is 58.6 Å². The van der Waals surface area contributed by atoms with Gasteiger partial charge < -0.3 is 9.64 Å². The summed E-state index contributed by atoms with van der Waals surface area (Å²) in [5.74, 6) is 0.662. The third-order valence-corrected chi connectivity index (χ3v) is 7.23. The SMILES string of the molecule is COc1cc(C)c(S(=O)(=O)NC(C)c2ccc(N3CCCCC3)cc2)c(C)c1. The van der Waals surface area contributed by atoms with Gasteiger partial charge in [-0.25, -0.2) is 13.1 Å². The predicted molar refractivity (Wildman–Crippen MR) is 114 cm³/mol. The van der Waals surface area contributed by atoms with Crippen molar-refractivity contribution in [3.63, 3.8) is 0 Å². The Morgan fingerprint density at radius 3 is 2.11 bits per heavy atom. The minimum absolute atomic E-state index is 0.318. The molecular weight excluding hydrogens is 372 g/mol. The van der Waals surface area contributed by atoms with E-state index in [1.807, 2.05) is 19.1 Å². The highest BCUT2D eigenvalue weighted by Crippen LogP contribution is 2.28. The van der Waals surface area contributed by atoms with Gasteiger partial charge in [0, 0.05) is 24.8 Å². The lowest BCUT2D eigenvalue weighted by Gasteiger charge is -2.29. The third kappa shape index (κ3) is 4.50. The third-order valence-electron chi connectivity index (χ3n) is 5.38. The molecule has 1 heterocycles. The first-order chi connectivity index (χ1) is 13.3. The molecule has 0 radical (unpaired) electrons. The second-order valence-electron chi connectivity index (χ2n) is 7.57. The molecule has 0 saturated carbocycles. The minimum atomic E-state index is -3.64. The maximum Gasteiger partial charge on any atom is 0.241 e. The van der Waals surface area contributed by atoms with Crippen molar-refractivity contribution in [1.29, 1.82) is 0 Å². The first kappa shape index (κ1) is 20.7. The second kappa shape index (κ2) is 8.53. The number of nitrogens with zero attached hydrogens (tertiary/aromatic N) is 1. The molecule has 2 aromatic carbocycles. The van der Waals surface area contributed by atoms with Gasteiger partial charge >= 0.3 is 0 Å². The summed E-state index contributed by atoms with van der Waals surface area (Å²) in [6.07, 6.45) is 3.77. The van der Waals surface area contributed by atoms with Crippen molar-refractivity contribution >= 4 is 15.7 Å². The van der Waals surface area contributed by atoms with Crippen LogP contribution in [0.1, 0.15) is 48.9 Å². The van der Waals surface area contributed by atoms with E-state index in [0.717, 1.165) is 18.7 Å². The highest BCUT2D eigenvalue weighted by Gasteiger charge is 2.23. The lowest BCUT2D eigenvalue weighted by molar-refractivity contribution is 0.413. The maximum absolute atomic E-state index is 13.0. The minimum Gasteiger partial charge on any atom is -0.497 e. The van der Waals surface area contributed by atoms with Gasteiger partial charge in [0.05, 0.1) is 12.0 Å². The molecule has 2 aromatic rings. The lowest BCUT2D eigenvalue weighted by atomic mass is 10.1. The lowest BCUT2D eigenvalue weighted by Crippen LogP contribution is -2.30. The van der Waals surface area contributed by atoms with Crippen molar-refractivity contribution in [2.24, 2.45) is 0 Å². The Morgan fingerprint density at radius 2 is 1.57 bits per heavy atom. The van der Waals surface area contributed by atoms with Crippen LogP contribution in [0.2, 0.25) is 0 Å². The van der Waals surface area contributed by atoms with Gasteiger partial charge in [0.15, 0.2) is 0 Å². The van der Waals surface area contributed by atoms with E-state index in [0.29, 0.717) is 21.8 Å². The first-order valence-electron chi connectivity index (χ1n) is 9.84. The van der Waals surface area contributed by atoms with Crippen molar-refractivity contribution in [2.75, 3.05) is 25.1 Å². The van der Waals surface area contributed by atoms with E-state index in [1.165, 1.54) is 24.9 Å². The molecule has 0 aliphatic carbocycles. The molecular formula is C22H30N2O3S. The molecule has 1 aliphatic heterocycles. The Kier molecular flexibility index (Phi) is 6.30. The highest BCUT2D eigenvalue weighted by molar-refractivity contribution is 7.89. The number of piperidine rings is 1. The zero-order valence-electron chi connectivity index (χ0n) is 17.2. The van der Waals surface area contributed by atoms with Crippen LogP contribution in [0.5, 0.6) is 5.75 Å². The van der Waals surface area contributed by atoms with Crippen molar-refractivity contribution in [3.8, 4) is 5.75 Å². The molecule has 3 rings (SSSR count). The smallest absolute Gasteiger partial charge is 0.241 e. The van der Waals surface area contributed by atoms with Crippen molar-refractivity contribution < 1.29 is 13.2 Å². The van der Waals surface area contributed by atoms with E-state index in [9.17, 15) is 8.42 Å². The average molecular weight is 403 g/mol. The van der Waals surface area contributed by atoms with Gasteiger partial charge in [0.2, 0.25) is 10.0 Å². The number of sulfonamides is 1. The molecule has 0 bridgehead atoms. The standard InChI is InChI=1S/C22H30N2O3S/c1-16-14-21(27-4)15-17(2)22(16)28(25,26)23-18(3)19-8-10-20(11-9-19)24-12-6-5-7-13-24/h8-11,14-15,18,23H,5-7,12-13H2,1-4H3. The molecule has 152 valence electrons. The fourth-order valence-corrected chi connectivity index (χ4v) is 5.62. The Labute approximate surface area is 168 Å². The van der Waals surface area contributed by atoms with Gasteiger partial charge in [0.25, 0.3) is 0 Å². The molecule has 0 aromatic heterocycles. The molecule has 1 fully saturated rings. The average Bonchev–Trinajstić information content (AvgIpc) is 2.67. The number of anilines is 1. The number of nitrogens with one attached hydrogen (secondary N) is 1. The molecule has 6 heteroatoms. The molecule has 5 nitrogen and oxygen atoms in total. The van der Waals surface area contributed by atoms with E-state index in [4.69, 9.17) is 4.74 Å². The molecule has 1 saturated heterocycles. The monoisotopic (exact) mass is 402 g/mol. The van der Waals surface area contributed by atoms with Crippen LogP contribution in [0, 0.1) is 13.8 Å². The number of ether oxygens (including phenoxy) is 1. The van der Waals surface area contributed by atoms with E-state index < -0.39 is 10.0 Å². The van der Waals surface area contributed by atoms with E-state index >= 15 is 0 Å². The van der Waals surface area contributed by atoms with Gasteiger partial charge in [-0.2, -0.15) is 0 Å². The zero-order valence-corrected chi connectivity index (χ0v) is 18.0. The van der Waals surface area contributed by atoms with Gasteiger partial charge in [-0.1, -0.05) is 12.1 Å². The van der Waals surface area contributed by atoms with E-state index in [-0.39, 0.29) is 6.04 Å². The van der Waals surface area contributed by atoms with Crippen LogP contribution >= 0.6 is 0 Å². The predicted octanol–water partition coefficient (Wildman–Crippen LogP) is 4.34. The fraction of sp³-hybridized carbons (Fsp3) is 0.455.